The highest BCUT2D eigenvalue weighted by atomic mass is 79.9. The quantitative estimate of drug-likeness (QED) is 0.723. The van der Waals surface area contributed by atoms with E-state index in [1.807, 2.05) is 24.3 Å². The molecule has 1 aliphatic rings. The molecule has 0 fully saturated rings. The van der Waals surface area contributed by atoms with E-state index in [9.17, 15) is 4.79 Å². The van der Waals surface area contributed by atoms with Gasteiger partial charge in [-0.15, -0.1) is 0 Å². The molecule has 0 saturated carbocycles. The first-order valence-corrected chi connectivity index (χ1v) is 7.55. The summed E-state index contributed by atoms with van der Waals surface area (Å²) in [4.78, 5) is 12.8. The van der Waals surface area contributed by atoms with Gasteiger partial charge in [-0.1, -0.05) is 45.7 Å². The fourth-order valence-corrected chi connectivity index (χ4v) is 3.10. The van der Waals surface area contributed by atoms with Crippen molar-refractivity contribution in [3.05, 3.63) is 63.1 Å². The number of hydrogen-bond donors (Lipinski definition) is 0. The molecular formula is C16H12BrClO2. The molecule has 2 nitrogen and oxygen atoms in total. The van der Waals surface area contributed by atoms with Gasteiger partial charge >= 0.3 is 0 Å². The van der Waals surface area contributed by atoms with Crippen LogP contribution in [0.2, 0.25) is 5.02 Å². The van der Waals surface area contributed by atoms with Crippen LogP contribution in [0.25, 0.3) is 0 Å². The van der Waals surface area contributed by atoms with E-state index in [4.69, 9.17) is 16.3 Å². The second-order valence-corrected chi connectivity index (χ2v) is 6.01. The van der Waals surface area contributed by atoms with Crippen LogP contribution in [0.4, 0.5) is 0 Å². The van der Waals surface area contributed by atoms with Crippen LogP contribution in [-0.2, 0) is 0 Å². The second kappa shape index (κ2) is 5.58. The maximum Gasteiger partial charge on any atom is 0.171 e. The molecule has 2 aromatic carbocycles. The van der Waals surface area contributed by atoms with Gasteiger partial charge in [-0.05, 0) is 30.7 Å². The molecule has 0 spiro atoms. The lowest BCUT2D eigenvalue weighted by Gasteiger charge is -2.25. The van der Waals surface area contributed by atoms with E-state index in [1.54, 1.807) is 18.2 Å². The molecule has 0 bridgehead atoms. The third-order valence-corrected chi connectivity index (χ3v) is 4.40. The van der Waals surface area contributed by atoms with Crippen molar-refractivity contribution >= 4 is 33.3 Å². The van der Waals surface area contributed by atoms with E-state index in [0.29, 0.717) is 23.6 Å². The van der Waals surface area contributed by atoms with Gasteiger partial charge in [0.1, 0.15) is 5.75 Å². The third kappa shape index (κ3) is 2.48. The van der Waals surface area contributed by atoms with E-state index in [2.05, 4.69) is 15.9 Å². The van der Waals surface area contributed by atoms with Crippen molar-refractivity contribution in [1.29, 1.82) is 0 Å². The monoisotopic (exact) mass is 350 g/mol. The van der Waals surface area contributed by atoms with Crippen molar-refractivity contribution in [3.63, 3.8) is 0 Å². The zero-order chi connectivity index (χ0) is 14.1. The molecule has 102 valence electrons. The Morgan fingerprint density at radius 2 is 2.05 bits per heavy atom. The first-order valence-electron chi connectivity index (χ1n) is 6.38. The smallest absolute Gasteiger partial charge is 0.171 e. The predicted octanol–water partition coefficient (Wildman–Crippen LogP) is 4.85. The summed E-state index contributed by atoms with van der Waals surface area (Å²) in [6, 6.07) is 13.0. The summed E-state index contributed by atoms with van der Waals surface area (Å²) >= 11 is 9.43. The molecular weight excluding hydrogens is 340 g/mol. The Hall–Kier alpha value is -1.32. The minimum Gasteiger partial charge on any atom is -0.493 e. The van der Waals surface area contributed by atoms with Crippen molar-refractivity contribution in [2.24, 2.45) is 0 Å². The van der Waals surface area contributed by atoms with Crippen LogP contribution in [0.1, 0.15) is 28.3 Å². The molecule has 20 heavy (non-hydrogen) atoms. The summed E-state index contributed by atoms with van der Waals surface area (Å²) in [6.07, 6.45) is 0.689. The number of ether oxygens (including phenoxy) is 1. The first kappa shape index (κ1) is 13.7. The highest BCUT2D eigenvalue weighted by Crippen LogP contribution is 2.37. The van der Waals surface area contributed by atoms with Gasteiger partial charge in [0.15, 0.2) is 5.78 Å². The Balaban J connectivity index is 2.02. The number of rotatable bonds is 2. The average Bonchev–Trinajstić information content (AvgIpc) is 2.48. The molecule has 1 atom stereocenters. The van der Waals surface area contributed by atoms with Gasteiger partial charge in [0.2, 0.25) is 0 Å². The number of fused-ring (bicyclic) bond motifs is 1. The Labute approximate surface area is 130 Å². The number of halogens is 2. The van der Waals surface area contributed by atoms with Gasteiger partial charge in [0.05, 0.1) is 12.5 Å². The Morgan fingerprint density at radius 1 is 1.25 bits per heavy atom. The highest BCUT2D eigenvalue weighted by molar-refractivity contribution is 9.10. The molecule has 0 radical (unpaired) electrons. The molecule has 0 aromatic heterocycles. The standard InChI is InChI=1S/C16H12BrClO2/c17-14-6-5-10(18)9-13(14)16(19)12-7-8-20-15-4-2-1-3-11(12)15/h1-6,9,12H,7-8H2. The molecule has 0 aliphatic carbocycles. The van der Waals surface area contributed by atoms with Crippen LogP contribution in [0.3, 0.4) is 0 Å². The molecule has 0 amide bonds. The van der Waals surface area contributed by atoms with E-state index in [-0.39, 0.29) is 11.7 Å². The lowest BCUT2D eigenvalue weighted by molar-refractivity contribution is 0.0932. The highest BCUT2D eigenvalue weighted by Gasteiger charge is 2.29. The number of ketones is 1. The van der Waals surface area contributed by atoms with Crippen LogP contribution < -0.4 is 4.74 Å². The van der Waals surface area contributed by atoms with Crippen LogP contribution in [0.15, 0.2) is 46.9 Å². The van der Waals surface area contributed by atoms with Gasteiger partial charge in [0.25, 0.3) is 0 Å². The van der Waals surface area contributed by atoms with Crippen molar-refractivity contribution in [3.8, 4) is 5.75 Å². The summed E-state index contributed by atoms with van der Waals surface area (Å²) < 4.78 is 6.38. The van der Waals surface area contributed by atoms with Crippen molar-refractivity contribution in [2.45, 2.75) is 12.3 Å². The Morgan fingerprint density at radius 3 is 2.90 bits per heavy atom. The maximum atomic E-state index is 12.8. The van der Waals surface area contributed by atoms with Crippen molar-refractivity contribution in [2.75, 3.05) is 6.61 Å². The number of carbonyl (C=O) groups excluding carboxylic acids is 1. The van der Waals surface area contributed by atoms with Crippen LogP contribution in [0, 0.1) is 0 Å². The second-order valence-electron chi connectivity index (χ2n) is 4.72. The first-order chi connectivity index (χ1) is 9.66. The summed E-state index contributed by atoms with van der Waals surface area (Å²) in [6.45, 7) is 0.561. The normalized spacial score (nSPS) is 17.2. The SMILES string of the molecule is O=C(c1cc(Cl)ccc1Br)C1CCOc2ccccc21. The van der Waals surface area contributed by atoms with Gasteiger partial charge in [0, 0.05) is 20.6 Å². The zero-order valence-corrected chi connectivity index (χ0v) is 12.9. The fourth-order valence-electron chi connectivity index (χ4n) is 2.49. The summed E-state index contributed by atoms with van der Waals surface area (Å²) in [5.74, 6) is 0.708. The molecule has 2 aromatic rings. The fraction of sp³-hybridized carbons (Fsp3) is 0.188. The molecule has 3 rings (SSSR count). The number of carbonyl (C=O) groups is 1. The van der Waals surface area contributed by atoms with E-state index >= 15 is 0 Å². The lowest BCUT2D eigenvalue weighted by atomic mass is 9.86. The van der Waals surface area contributed by atoms with Crippen molar-refractivity contribution in [1.82, 2.24) is 0 Å². The summed E-state index contributed by atoms with van der Waals surface area (Å²) in [7, 11) is 0. The average molecular weight is 352 g/mol. The minimum absolute atomic E-state index is 0.0788. The predicted molar refractivity (Wildman–Crippen MR) is 82.8 cm³/mol. The number of para-hydroxylation sites is 1. The molecule has 0 N–H and O–H groups in total. The number of benzene rings is 2. The van der Waals surface area contributed by atoms with E-state index in [0.717, 1.165) is 15.8 Å². The molecule has 1 unspecified atom stereocenters. The maximum absolute atomic E-state index is 12.8. The van der Waals surface area contributed by atoms with Gasteiger partial charge < -0.3 is 4.74 Å². The Kier molecular flexibility index (Phi) is 3.81. The summed E-state index contributed by atoms with van der Waals surface area (Å²) in [5, 5.41) is 0.567. The van der Waals surface area contributed by atoms with E-state index < -0.39 is 0 Å². The number of Topliss-reactive ketones (excluding diaryl/α,β-unsaturated/α-hetero) is 1. The van der Waals surface area contributed by atoms with E-state index in [1.165, 1.54) is 0 Å². The third-order valence-electron chi connectivity index (χ3n) is 3.47. The van der Waals surface area contributed by atoms with Crippen LogP contribution in [-0.4, -0.2) is 12.4 Å². The molecule has 0 saturated heterocycles. The van der Waals surface area contributed by atoms with Crippen LogP contribution >= 0.6 is 27.5 Å². The van der Waals surface area contributed by atoms with Gasteiger partial charge in [-0.2, -0.15) is 0 Å². The Bertz CT molecular complexity index is 669. The largest absolute Gasteiger partial charge is 0.493 e. The van der Waals surface area contributed by atoms with Gasteiger partial charge in [-0.3, -0.25) is 4.79 Å². The lowest BCUT2D eigenvalue weighted by Crippen LogP contribution is -2.21. The molecule has 1 aliphatic heterocycles. The molecule has 4 heteroatoms. The zero-order valence-electron chi connectivity index (χ0n) is 10.6. The topological polar surface area (TPSA) is 26.3 Å². The van der Waals surface area contributed by atoms with Gasteiger partial charge in [-0.25, -0.2) is 0 Å². The minimum atomic E-state index is -0.172. The molecule has 1 heterocycles. The van der Waals surface area contributed by atoms with Crippen LogP contribution in [0.5, 0.6) is 5.75 Å². The van der Waals surface area contributed by atoms with Crippen molar-refractivity contribution < 1.29 is 9.53 Å². The summed E-state index contributed by atoms with van der Waals surface area (Å²) in [5.41, 5.74) is 1.58. The number of hydrogen-bond acceptors (Lipinski definition) is 2.